The minimum atomic E-state index is -0.981. The van der Waals surface area contributed by atoms with E-state index in [4.69, 9.17) is 9.47 Å². The van der Waals surface area contributed by atoms with Crippen LogP contribution < -0.4 is 9.47 Å². The average molecular weight is 369 g/mol. The molecule has 148 valence electrons. The standard InChI is InChI=1S/C22H34F2O2/c1-4-6-16(2)7-5-8-17-9-11-18(12-10-17)15-26-20-14-13-19(25-3)21(23)22(20)24/h13-14,16-18H,4-12,15H2,1-3H3. The number of hydrogen-bond acceptors (Lipinski definition) is 2. The van der Waals surface area contributed by atoms with E-state index in [1.54, 1.807) is 0 Å². The number of ether oxygens (including phenoxy) is 2. The van der Waals surface area contributed by atoms with E-state index in [9.17, 15) is 8.78 Å². The van der Waals surface area contributed by atoms with E-state index < -0.39 is 11.6 Å². The first-order valence-corrected chi connectivity index (χ1v) is 10.2. The molecule has 0 heterocycles. The Balaban J connectivity index is 1.68. The van der Waals surface area contributed by atoms with E-state index in [-0.39, 0.29) is 11.5 Å². The van der Waals surface area contributed by atoms with Gasteiger partial charge in [0.25, 0.3) is 0 Å². The molecule has 1 aliphatic rings. The Morgan fingerprint density at radius 1 is 1.00 bits per heavy atom. The molecule has 1 fully saturated rings. The Kier molecular flexibility index (Phi) is 8.67. The van der Waals surface area contributed by atoms with Gasteiger partial charge in [-0.05, 0) is 42.7 Å². The summed E-state index contributed by atoms with van der Waals surface area (Å²) in [5, 5.41) is 0. The summed E-state index contributed by atoms with van der Waals surface area (Å²) in [5.41, 5.74) is 0. The number of halogens is 2. The second kappa shape index (κ2) is 10.7. The van der Waals surface area contributed by atoms with Gasteiger partial charge in [0.2, 0.25) is 11.6 Å². The molecule has 0 N–H and O–H groups in total. The van der Waals surface area contributed by atoms with Crippen molar-refractivity contribution in [3.05, 3.63) is 23.8 Å². The van der Waals surface area contributed by atoms with Crippen molar-refractivity contribution >= 4 is 0 Å². The number of benzene rings is 1. The van der Waals surface area contributed by atoms with Crippen molar-refractivity contribution in [2.24, 2.45) is 17.8 Å². The molecule has 0 radical (unpaired) electrons. The lowest BCUT2D eigenvalue weighted by Crippen LogP contribution is -2.20. The van der Waals surface area contributed by atoms with Crippen LogP contribution in [0.3, 0.4) is 0 Å². The highest BCUT2D eigenvalue weighted by Gasteiger charge is 2.23. The lowest BCUT2D eigenvalue weighted by Gasteiger charge is -2.28. The van der Waals surface area contributed by atoms with Gasteiger partial charge in [0, 0.05) is 0 Å². The van der Waals surface area contributed by atoms with Crippen LogP contribution in [0.4, 0.5) is 8.78 Å². The van der Waals surface area contributed by atoms with Crippen LogP contribution >= 0.6 is 0 Å². The van der Waals surface area contributed by atoms with Crippen LogP contribution in [0, 0.1) is 29.4 Å². The second-order valence-electron chi connectivity index (χ2n) is 7.92. The van der Waals surface area contributed by atoms with Crippen LogP contribution in [0.25, 0.3) is 0 Å². The lowest BCUT2D eigenvalue weighted by atomic mass is 9.79. The molecule has 0 saturated heterocycles. The van der Waals surface area contributed by atoms with Crippen LogP contribution in [0.15, 0.2) is 12.1 Å². The van der Waals surface area contributed by atoms with Gasteiger partial charge in [-0.1, -0.05) is 58.8 Å². The molecule has 0 spiro atoms. The smallest absolute Gasteiger partial charge is 0.204 e. The van der Waals surface area contributed by atoms with Crippen molar-refractivity contribution in [3.8, 4) is 11.5 Å². The van der Waals surface area contributed by atoms with Crippen molar-refractivity contribution in [3.63, 3.8) is 0 Å². The maximum absolute atomic E-state index is 13.9. The number of methoxy groups -OCH3 is 1. The minimum absolute atomic E-state index is 0.0182. The molecule has 0 aliphatic heterocycles. The molecule has 4 heteroatoms. The summed E-state index contributed by atoms with van der Waals surface area (Å²) >= 11 is 0. The van der Waals surface area contributed by atoms with Crippen LogP contribution in [-0.2, 0) is 0 Å². The number of rotatable bonds is 10. The highest BCUT2D eigenvalue weighted by Crippen LogP contribution is 2.34. The molecular formula is C22H34F2O2. The van der Waals surface area contributed by atoms with E-state index in [2.05, 4.69) is 13.8 Å². The first-order valence-electron chi connectivity index (χ1n) is 10.2. The zero-order valence-electron chi connectivity index (χ0n) is 16.5. The molecule has 1 unspecified atom stereocenters. The van der Waals surface area contributed by atoms with Gasteiger partial charge in [-0.25, -0.2) is 0 Å². The van der Waals surface area contributed by atoms with Gasteiger partial charge in [-0.15, -0.1) is 0 Å². The van der Waals surface area contributed by atoms with Crippen molar-refractivity contribution in [1.82, 2.24) is 0 Å². The zero-order chi connectivity index (χ0) is 18.9. The maximum Gasteiger partial charge on any atom is 0.204 e. The molecule has 1 aromatic rings. The van der Waals surface area contributed by atoms with Gasteiger partial charge >= 0.3 is 0 Å². The Bertz CT molecular complexity index is 539. The summed E-state index contributed by atoms with van der Waals surface area (Å²) in [6.07, 6.45) is 11.3. The largest absolute Gasteiger partial charge is 0.494 e. The topological polar surface area (TPSA) is 18.5 Å². The molecular weight excluding hydrogens is 334 g/mol. The van der Waals surface area contributed by atoms with Crippen LogP contribution in [-0.4, -0.2) is 13.7 Å². The predicted molar refractivity (Wildman–Crippen MR) is 102 cm³/mol. The zero-order valence-corrected chi connectivity index (χ0v) is 16.5. The Labute approximate surface area is 157 Å². The molecule has 26 heavy (non-hydrogen) atoms. The lowest BCUT2D eigenvalue weighted by molar-refractivity contribution is 0.171. The third-order valence-electron chi connectivity index (χ3n) is 5.76. The van der Waals surface area contributed by atoms with Gasteiger partial charge in [0.15, 0.2) is 11.5 Å². The fourth-order valence-corrected chi connectivity index (χ4v) is 4.07. The van der Waals surface area contributed by atoms with Crippen LogP contribution in [0.2, 0.25) is 0 Å². The van der Waals surface area contributed by atoms with E-state index in [0.29, 0.717) is 12.5 Å². The van der Waals surface area contributed by atoms with Gasteiger partial charge in [-0.3, -0.25) is 0 Å². The summed E-state index contributed by atoms with van der Waals surface area (Å²) in [4.78, 5) is 0. The molecule has 0 amide bonds. The highest BCUT2D eigenvalue weighted by molar-refractivity contribution is 5.34. The van der Waals surface area contributed by atoms with Crippen molar-refractivity contribution in [2.45, 2.75) is 71.6 Å². The molecule has 1 aromatic carbocycles. The summed E-state index contributed by atoms with van der Waals surface area (Å²) in [7, 11) is 1.32. The first-order chi connectivity index (χ1) is 12.5. The molecule has 2 rings (SSSR count). The molecule has 0 bridgehead atoms. The third kappa shape index (κ3) is 6.14. The SMILES string of the molecule is CCCC(C)CCCC1CCC(COc2ccc(OC)c(F)c2F)CC1. The summed E-state index contributed by atoms with van der Waals surface area (Å²) in [6.45, 7) is 5.08. The van der Waals surface area contributed by atoms with Gasteiger partial charge < -0.3 is 9.47 Å². The average Bonchev–Trinajstić information content (AvgIpc) is 2.64. The summed E-state index contributed by atoms with van der Waals surface area (Å²) in [5.74, 6) is 0.0683. The number of hydrogen-bond donors (Lipinski definition) is 0. The van der Waals surface area contributed by atoms with Crippen molar-refractivity contribution in [2.75, 3.05) is 13.7 Å². The highest BCUT2D eigenvalue weighted by atomic mass is 19.2. The quantitative estimate of drug-likeness (QED) is 0.454. The van der Waals surface area contributed by atoms with E-state index in [1.165, 1.54) is 64.2 Å². The monoisotopic (exact) mass is 368 g/mol. The van der Waals surface area contributed by atoms with Crippen LogP contribution in [0.5, 0.6) is 11.5 Å². The Morgan fingerprint density at radius 2 is 1.62 bits per heavy atom. The van der Waals surface area contributed by atoms with Crippen molar-refractivity contribution in [1.29, 1.82) is 0 Å². The van der Waals surface area contributed by atoms with E-state index in [0.717, 1.165) is 24.7 Å². The van der Waals surface area contributed by atoms with Gasteiger partial charge in [-0.2, -0.15) is 8.78 Å². The second-order valence-corrected chi connectivity index (χ2v) is 7.92. The molecule has 1 aliphatic carbocycles. The fourth-order valence-electron chi connectivity index (χ4n) is 4.07. The molecule has 1 atom stereocenters. The molecule has 0 aromatic heterocycles. The van der Waals surface area contributed by atoms with E-state index in [1.807, 2.05) is 0 Å². The van der Waals surface area contributed by atoms with Gasteiger partial charge in [0.05, 0.1) is 13.7 Å². The molecule has 1 saturated carbocycles. The van der Waals surface area contributed by atoms with Crippen LogP contribution in [0.1, 0.15) is 71.6 Å². The molecule has 2 nitrogen and oxygen atoms in total. The Morgan fingerprint density at radius 3 is 2.27 bits per heavy atom. The third-order valence-corrected chi connectivity index (χ3v) is 5.76. The minimum Gasteiger partial charge on any atom is -0.494 e. The fraction of sp³-hybridized carbons (Fsp3) is 0.727. The van der Waals surface area contributed by atoms with Crippen molar-refractivity contribution < 1.29 is 18.3 Å². The normalized spacial score (nSPS) is 21.4. The van der Waals surface area contributed by atoms with Gasteiger partial charge in [0.1, 0.15) is 0 Å². The predicted octanol–water partition coefficient (Wildman–Crippen LogP) is 6.77. The maximum atomic E-state index is 13.9. The summed E-state index contributed by atoms with van der Waals surface area (Å²) in [6, 6.07) is 2.85. The first kappa shape index (κ1) is 21.0. The Hall–Kier alpha value is -1.32. The summed E-state index contributed by atoms with van der Waals surface area (Å²) < 4.78 is 38.0. The van der Waals surface area contributed by atoms with E-state index >= 15 is 0 Å².